The molecule has 0 saturated carbocycles. The summed E-state index contributed by atoms with van der Waals surface area (Å²) in [4.78, 5) is 8.13. The molecule has 4 nitrogen and oxygen atoms in total. The van der Waals surface area contributed by atoms with Crippen LogP contribution in [-0.2, 0) is 11.3 Å². The predicted molar refractivity (Wildman–Crippen MR) is 95.4 cm³/mol. The van der Waals surface area contributed by atoms with Gasteiger partial charge in [-0.1, -0.05) is 6.07 Å². The van der Waals surface area contributed by atoms with E-state index < -0.39 is 0 Å². The molecule has 0 bridgehead atoms. The van der Waals surface area contributed by atoms with Crippen molar-refractivity contribution >= 4 is 11.3 Å². The fourth-order valence-electron chi connectivity index (χ4n) is 3.78. The van der Waals surface area contributed by atoms with Crippen molar-refractivity contribution in [2.24, 2.45) is 5.41 Å². The quantitative estimate of drug-likeness (QED) is 0.830. The van der Waals surface area contributed by atoms with E-state index >= 15 is 0 Å². The van der Waals surface area contributed by atoms with Gasteiger partial charge in [-0.15, -0.1) is 11.3 Å². The normalized spacial score (nSPS) is 23.6. The van der Waals surface area contributed by atoms with Crippen molar-refractivity contribution in [3.63, 3.8) is 0 Å². The monoisotopic (exact) mass is 344 g/mol. The molecule has 2 aromatic rings. The molecule has 0 amide bonds. The van der Waals surface area contributed by atoms with E-state index in [1.807, 2.05) is 23.5 Å². The van der Waals surface area contributed by atoms with E-state index in [9.17, 15) is 0 Å². The summed E-state index contributed by atoms with van der Waals surface area (Å²) in [6.07, 6.45) is 7.34. The third-order valence-corrected chi connectivity index (χ3v) is 6.09. The Bertz CT molecular complexity index is 624. The standard InChI is InChI=1S/C19H24N2O2S/c1-3-16(12-20-7-1)22-14-17-11-19(15-23-17)5-8-21(9-6-19)13-18-4-2-10-24-18/h1-4,7,10,12,17H,5-6,8-9,11,13-15H2/t17-/m0/s1. The number of pyridine rings is 1. The van der Waals surface area contributed by atoms with Crippen LogP contribution < -0.4 is 4.74 Å². The van der Waals surface area contributed by atoms with E-state index in [1.54, 1.807) is 12.4 Å². The van der Waals surface area contributed by atoms with Gasteiger partial charge in [0.1, 0.15) is 12.4 Å². The van der Waals surface area contributed by atoms with Gasteiger partial charge in [-0.3, -0.25) is 9.88 Å². The molecule has 128 valence electrons. The number of aromatic nitrogens is 1. The maximum atomic E-state index is 6.05. The average molecular weight is 344 g/mol. The van der Waals surface area contributed by atoms with Crippen LogP contribution in [-0.4, -0.2) is 42.3 Å². The molecular formula is C19H24N2O2S. The maximum Gasteiger partial charge on any atom is 0.137 e. The summed E-state index contributed by atoms with van der Waals surface area (Å²) in [5.41, 5.74) is 0.370. The summed E-state index contributed by atoms with van der Waals surface area (Å²) in [7, 11) is 0. The van der Waals surface area contributed by atoms with Gasteiger partial charge in [0.05, 0.1) is 18.9 Å². The van der Waals surface area contributed by atoms with E-state index in [0.717, 1.165) is 25.3 Å². The second-order valence-electron chi connectivity index (χ2n) is 6.99. The number of ether oxygens (including phenoxy) is 2. The minimum absolute atomic E-state index is 0.217. The average Bonchev–Trinajstić information content (AvgIpc) is 3.27. The van der Waals surface area contributed by atoms with E-state index in [0.29, 0.717) is 12.0 Å². The Balaban J connectivity index is 1.24. The lowest BCUT2D eigenvalue weighted by Crippen LogP contribution is -2.40. The number of likely N-dealkylation sites (tertiary alicyclic amines) is 1. The predicted octanol–water partition coefficient (Wildman–Crippen LogP) is 3.59. The van der Waals surface area contributed by atoms with Crippen molar-refractivity contribution in [3.8, 4) is 5.75 Å². The molecular weight excluding hydrogens is 320 g/mol. The highest BCUT2D eigenvalue weighted by Gasteiger charge is 2.42. The molecule has 5 heteroatoms. The lowest BCUT2D eigenvalue weighted by Gasteiger charge is -2.38. The van der Waals surface area contributed by atoms with Gasteiger partial charge < -0.3 is 9.47 Å². The SMILES string of the molecule is c1cncc(OC[C@@H]2CC3(CCN(Cc4cccs4)CC3)CO2)c1. The zero-order chi connectivity index (χ0) is 16.2. The molecule has 0 radical (unpaired) electrons. The van der Waals surface area contributed by atoms with Gasteiger partial charge in [0.15, 0.2) is 0 Å². The summed E-state index contributed by atoms with van der Waals surface area (Å²) < 4.78 is 11.9. The van der Waals surface area contributed by atoms with Crippen molar-refractivity contribution in [2.75, 3.05) is 26.3 Å². The number of hydrogen-bond donors (Lipinski definition) is 0. The zero-order valence-electron chi connectivity index (χ0n) is 13.9. The first-order valence-electron chi connectivity index (χ1n) is 8.71. The Hall–Kier alpha value is -1.43. The highest BCUT2D eigenvalue weighted by atomic mass is 32.1. The molecule has 0 unspecified atom stereocenters. The first-order valence-corrected chi connectivity index (χ1v) is 9.59. The molecule has 1 atom stereocenters. The smallest absolute Gasteiger partial charge is 0.137 e. The Kier molecular flexibility index (Phi) is 4.83. The van der Waals surface area contributed by atoms with Gasteiger partial charge in [-0.25, -0.2) is 0 Å². The van der Waals surface area contributed by atoms with E-state index in [1.165, 1.54) is 30.8 Å². The van der Waals surface area contributed by atoms with Crippen molar-refractivity contribution < 1.29 is 9.47 Å². The Morgan fingerprint density at radius 3 is 2.96 bits per heavy atom. The van der Waals surface area contributed by atoms with Crippen LogP contribution in [0.4, 0.5) is 0 Å². The molecule has 4 heterocycles. The van der Waals surface area contributed by atoms with Crippen molar-refractivity contribution in [1.82, 2.24) is 9.88 Å². The second kappa shape index (κ2) is 7.21. The molecule has 24 heavy (non-hydrogen) atoms. The second-order valence-corrected chi connectivity index (χ2v) is 8.02. The molecule has 2 saturated heterocycles. The van der Waals surface area contributed by atoms with E-state index in [2.05, 4.69) is 27.4 Å². The minimum Gasteiger partial charge on any atom is -0.489 e. The highest BCUT2D eigenvalue weighted by molar-refractivity contribution is 7.09. The van der Waals surface area contributed by atoms with Crippen LogP contribution in [0.25, 0.3) is 0 Å². The summed E-state index contributed by atoms with van der Waals surface area (Å²) in [6, 6.07) is 8.22. The Labute approximate surface area is 147 Å². The number of nitrogens with zero attached hydrogens (tertiary/aromatic N) is 2. The molecule has 1 spiro atoms. The van der Waals surface area contributed by atoms with Gasteiger partial charge >= 0.3 is 0 Å². The molecule has 0 N–H and O–H groups in total. The lowest BCUT2D eigenvalue weighted by molar-refractivity contribution is 0.0471. The van der Waals surface area contributed by atoms with Gasteiger partial charge in [-0.05, 0) is 61.3 Å². The maximum absolute atomic E-state index is 6.05. The van der Waals surface area contributed by atoms with Crippen molar-refractivity contribution in [3.05, 3.63) is 46.9 Å². The molecule has 2 aliphatic rings. The third-order valence-electron chi connectivity index (χ3n) is 5.23. The lowest BCUT2D eigenvalue weighted by atomic mass is 9.76. The van der Waals surface area contributed by atoms with Crippen LogP contribution in [0.15, 0.2) is 42.0 Å². The topological polar surface area (TPSA) is 34.6 Å². The molecule has 0 aromatic carbocycles. The van der Waals surface area contributed by atoms with Gasteiger partial charge in [0.25, 0.3) is 0 Å². The molecule has 2 fully saturated rings. The number of rotatable bonds is 5. The van der Waals surface area contributed by atoms with Crippen LogP contribution in [0.2, 0.25) is 0 Å². The minimum atomic E-state index is 0.217. The highest BCUT2D eigenvalue weighted by Crippen LogP contribution is 2.42. The van der Waals surface area contributed by atoms with Crippen molar-refractivity contribution in [2.45, 2.75) is 31.9 Å². The van der Waals surface area contributed by atoms with E-state index in [-0.39, 0.29) is 6.10 Å². The molecule has 4 rings (SSSR count). The van der Waals surface area contributed by atoms with E-state index in [4.69, 9.17) is 9.47 Å². The fraction of sp³-hybridized carbons (Fsp3) is 0.526. The van der Waals surface area contributed by atoms with Crippen LogP contribution in [0.3, 0.4) is 0 Å². The van der Waals surface area contributed by atoms with Crippen LogP contribution >= 0.6 is 11.3 Å². The largest absolute Gasteiger partial charge is 0.489 e. The number of piperidine rings is 1. The first kappa shape index (κ1) is 16.1. The third kappa shape index (κ3) is 3.79. The Morgan fingerprint density at radius 1 is 1.29 bits per heavy atom. The Morgan fingerprint density at radius 2 is 2.21 bits per heavy atom. The summed E-state index contributed by atoms with van der Waals surface area (Å²) in [6.45, 7) is 4.98. The fourth-order valence-corrected chi connectivity index (χ4v) is 4.53. The number of hydrogen-bond acceptors (Lipinski definition) is 5. The van der Waals surface area contributed by atoms with Gasteiger partial charge in [-0.2, -0.15) is 0 Å². The van der Waals surface area contributed by atoms with Crippen LogP contribution in [0.1, 0.15) is 24.1 Å². The van der Waals surface area contributed by atoms with Crippen LogP contribution in [0, 0.1) is 5.41 Å². The molecule has 2 aromatic heterocycles. The first-order chi connectivity index (χ1) is 11.8. The summed E-state index contributed by atoms with van der Waals surface area (Å²) in [5.74, 6) is 0.827. The molecule has 0 aliphatic carbocycles. The zero-order valence-corrected chi connectivity index (χ0v) is 14.7. The van der Waals surface area contributed by atoms with Crippen LogP contribution in [0.5, 0.6) is 5.75 Å². The van der Waals surface area contributed by atoms with Crippen molar-refractivity contribution in [1.29, 1.82) is 0 Å². The summed E-state index contributed by atoms with van der Waals surface area (Å²) in [5, 5.41) is 2.17. The van der Waals surface area contributed by atoms with Gasteiger partial charge in [0.2, 0.25) is 0 Å². The summed E-state index contributed by atoms with van der Waals surface area (Å²) >= 11 is 1.86. The van der Waals surface area contributed by atoms with Gasteiger partial charge in [0, 0.05) is 17.6 Å². The molecule has 2 aliphatic heterocycles. The number of thiophene rings is 1.